The van der Waals surface area contributed by atoms with Crippen molar-refractivity contribution in [2.45, 2.75) is 38.5 Å². The first kappa shape index (κ1) is 15.8. The standard InChI is InChI=1S/C19H29NO2/c1-20(14-19(15-21)9-4-5-10-19)13-16-8-11-22-18-7-3-2-6-17(18)12-16/h2-3,6-7,16,21H,4-5,8-15H2,1H3. The molecule has 3 nitrogen and oxygen atoms in total. The normalized spacial score (nSPS) is 23.9. The average molecular weight is 303 g/mol. The van der Waals surface area contributed by atoms with Crippen LogP contribution in [-0.4, -0.2) is 43.4 Å². The van der Waals surface area contributed by atoms with Gasteiger partial charge < -0.3 is 14.7 Å². The fraction of sp³-hybridized carbons (Fsp3) is 0.684. The van der Waals surface area contributed by atoms with Gasteiger partial charge in [-0.25, -0.2) is 0 Å². The lowest BCUT2D eigenvalue weighted by Crippen LogP contribution is -2.39. The van der Waals surface area contributed by atoms with Gasteiger partial charge in [0.2, 0.25) is 0 Å². The number of nitrogens with zero attached hydrogens (tertiary/aromatic N) is 1. The highest BCUT2D eigenvalue weighted by Gasteiger charge is 2.34. The highest BCUT2D eigenvalue weighted by Crippen LogP contribution is 2.38. The highest BCUT2D eigenvalue weighted by atomic mass is 16.5. The van der Waals surface area contributed by atoms with Crippen LogP contribution in [0.1, 0.15) is 37.7 Å². The van der Waals surface area contributed by atoms with E-state index in [-0.39, 0.29) is 5.41 Å². The minimum absolute atomic E-state index is 0.161. The summed E-state index contributed by atoms with van der Waals surface area (Å²) in [7, 11) is 2.22. The second-order valence-electron chi connectivity index (χ2n) is 7.38. The van der Waals surface area contributed by atoms with Crippen molar-refractivity contribution in [1.29, 1.82) is 0 Å². The Labute approximate surface area is 134 Å². The van der Waals surface area contributed by atoms with Crippen LogP contribution in [0.25, 0.3) is 0 Å². The van der Waals surface area contributed by atoms with E-state index in [4.69, 9.17) is 4.74 Å². The lowest BCUT2D eigenvalue weighted by atomic mass is 9.86. The fourth-order valence-electron chi connectivity index (χ4n) is 4.29. The topological polar surface area (TPSA) is 32.7 Å². The van der Waals surface area contributed by atoms with Gasteiger partial charge in [-0.3, -0.25) is 0 Å². The molecule has 1 atom stereocenters. The maximum absolute atomic E-state index is 9.80. The van der Waals surface area contributed by atoms with Gasteiger partial charge in [0.1, 0.15) is 5.75 Å². The van der Waals surface area contributed by atoms with E-state index in [0.717, 1.165) is 38.3 Å². The predicted molar refractivity (Wildman–Crippen MR) is 89.2 cm³/mol. The molecule has 0 bridgehead atoms. The van der Waals surface area contributed by atoms with Gasteiger partial charge in [0.25, 0.3) is 0 Å². The molecule has 0 saturated heterocycles. The minimum atomic E-state index is 0.161. The number of benzene rings is 1. The quantitative estimate of drug-likeness (QED) is 0.907. The summed E-state index contributed by atoms with van der Waals surface area (Å²) in [6.45, 7) is 3.29. The first-order chi connectivity index (χ1) is 10.7. The van der Waals surface area contributed by atoms with E-state index in [2.05, 4.69) is 36.2 Å². The summed E-state index contributed by atoms with van der Waals surface area (Å²) in [5.74, 6) is 1.71. The average Bonchev–Trinajstić information content (AvgIpc) is 2.88. The summed E-state index contributed by atoms with van der Waals surface area (Å²) in [5.41, 5.74) is 1.50. The number of para-hydroxylation sites is 1. The molecule has 22 heavy (non-hydrogen) atoms. The van der Waals surface area contributed by atoms with E-state index in [1.807, 2.05) is 0 Å². The summed E-state index contributed by atoms with van der Waals surface area (Å²) in [6.07, 6.45) is 7.14. The molecule has 0 aromatic heterocycles. The summed E-state index contributed by atoms with van der Waals surface area (Å²) in [4.78, 5) is 2.44. The van der Waals surface area contributed by atoms with E-state index in [1.54, 1.807) is 0 Å². The lowest BCUT2D eigenvalue weighted by molar-refractivity contribution is 0.0814. The van der Waals surface area contributed by atoms with E-state index < -0.39 is 0 Å². The molecule has 0 amide bonds. The van der Waals surface area contributed by atoms with Crippen molar-refractivity contribution < 1.29 is 9.84 Å². The molecule has 1 saturated carbocycles. The van der Waals surface area contributed by atoms with Crippen LogP contribution >= 0.6 is 0 Å². The third-order valence-corrected chi connectivity index (χ3v) is 5.44. The van der Waals surface area contributed by atoms with Crippen LogP contribution in [0.15, 0.2) is 24.3 Å². The maximum Gasteiger partial charge on any atom is 0.122 e. The molecule has 122 valence electrons. The minimum Gasteiger partial charge on any atom is -0.493 e. The summed E-state index contributed by atoms with van der Waals surface area (Å²) >= 11 is 0. The largest absolute Gasteiger partial charge is 0.493 e. The smallest absolute Gasteiger partial charge is 0.122 e. The third kappa shape index (κ3) is 3.64. The Kier molecular flexibility index (Phi) is 5.04. The maximum atomic E-state index is 9.80. The van der Waals surface area contributed by atoms with Gasteiger partial charge >= 0.3 is 0 Å². The molecule has 2 aliphatic rings. The molecular weight excluding hydrogens is 274 g/mol. The van der Waals surface area contributed by atoms with E-state index >= 15 is 0 Å². The Balaban J connectivity index is 1.58. The van der Waals surface area contributed by atoms with Gasteiger partial charge in [-0.15, -0.1) is 0 Å². The van der Waals surface area contributed by atoms with Gasteiger partial charge in [0.15, 0.2) is 0 Å². The van der Waals surface area contributed by atoms with Gasteiger partial charge in [-0.1, -0.05) is 31.0 Å². The molecule has 1 heterocycles. The van der Waals surface area contributed by atoms with Crippen molar-refractivity contribution >= 4 is 0 Å². The van der Waals surface area contributed by atoms with Crippen molar-refractivity contribution in [2.24, 2.45) is 11.3 Å². The van der Waals surface area contributed by atoms with Crippen molar-refractivity contribution in [1.82, 2.24) is 4.90 Å². The van der Waals surface area contributed by atoms with Crippen LogP contribution < -0.4 is 4.74 Å². The Morgan fingerprint density at radius 2 is 2.05 bits per heavy atom. The molecule has 3 heteroatoms. The molecule has 1 fully saturated rings. The summed E-state index contributed by atoms with van der Waals surface area (Å²) in [5, 5.41) is 9.80. The molecule has 1 aromatic carbocycles. The van der Waals surface area contributed by atoms with Gasteiger partial charge in [-0.2, -0.15) is 0 Å². The molecule has 0 spiro atoms. The number of fused-ring (bicyclic) bond motifs is 1. The first-order valence-electron chi connectivity index (χ1n) is 8.71. The molecular formula is C19H29NO2. The SMILES string of the molecule is CN(CC1CCOc2ccccc2C1)CC1(CO)CCCC1. The summed E-state index contributed by atoms with van der Waals surface area (Å²) < 4.78 is 5.88. The number of aliphatic hydroxyl groups excluding tert-OH is 1. The van der Waals surface area contributed by atoms with Crippen molar-refractivity contribution in [2.75, 3.05) is 33.4 Å². The Morgan fingerprint density at radius 3 is 2.82 bits per heavy atom. The van der Waals surface area contributed by atoms with Crippen molar-refractivity contribution in [3.8, 4) is 5.75 Å². The zero-order chi connectivity index (χ0) is 15.4. The number of hydrogen-bond donors (Lipinski definition) is 1. The van der Waals surface area contributed by atoms with Crippen LogP contribution in [0.4, 0.5) is 0 Å². The molecule has 1 unspecified atom stereocenters. The van der Waals surface area contributed by atoms with Crippen LogP contribution in [0, 0.1) is 11.3 Å². The Bertz CT molecular complexity index is 482. The summed E-state index contributed by atoms with van der Waals surface area (Å²) in [6, 6.07) is 8.44. The van der Waals surface area contributed by atoms with Gasteiger partial charge in [0.05, 0.1) is 6.61 Å². The molecule has 1 aromatic rings. The first-order valence-corrected chi connectivity index (χ1v) is 8.71. The molecule has 1 aliphatic carbocycles. The molecule has 0 radical (unpaired) electrons. The highest BCUT2D eigenvalue weighted by molar-refractivity contribution is 5.34. The van der Waals surface area contributed by atoms with Crippen molar-refractivity contribution in [3.05, 3.63) is 29.8 Å². The van der Waals surface area contributed by atoms with Crippen LogP contribution in [0.2, 0.25) is 0 Å². The molecule has 1 N–H and O–H groups in total. The lowest BCUT2D eigenvalue weighted by Gasteiger charge is -2.33. The van der Waals surface area contributed by atoms with E-state index in [0.29, 0.717) is 12.5 Å². The van der Waals surface area contributed by atoms with E-state index in [1.165, 1.54) is 31.2 Å². The van der Waals surface area contributed by atoms with Crippen molar-refractivity contribution in [3.63, 3.8) is 0 Å². The Morgan fingerprint density at radius 1 is 1.27 bits per heavy atom. The Hall–Kier alpha value is -1.06. The van der Waals surface area contributed by atoms with Crippen LogP contribution in [0.3, 0.4) is 0 Å². The fourth-order valence-corrected chi connectivity index (χ4v) is 4.29. The van der Waals surface area contributed by atoms with E-state index in [9.17, 15) is 5.11 Å². The number of ether oxygens (including phenoxy) is 1. The molecule has 1 aliphatic heterocycles. The predicted octanol–water partition coefficient (Wildman–Crippen LogP) is 3.11. The van der Waals surface area contributed by atoms with Gasteiger partial charge in [0, 0.05) is 25.1 Å². The van der Waals surface area contributed by atoms with Crippen LogP contribution in [-0.2, 0) is 6.42 Å². The number of rotatable bonds is 5. The number of aliphatic hydroxyl groups is 1. The zero-order valence-electron chi connectivity index (χ0n) is 13.8. The monoisotopic (exact) mass is 303 g/mol. The second kappa shape index (κ2) is 7.01. The molecule has 3 rings (SSSR count). The third-order valence-electron chi connectivity index (χ3n) is 5.44. The number of hydrogen-bond acceptors (Lipinski definition) is 3. The van der Waals surface area contributed by atoms with Gasteiger partial charge in [-0.05, 0) is 50.3 Å². The van der Waals surface area contributed by atoms with Crippen LogP contribution in [0.5, 0.6) is 5.75 Å². The second-order valence-corrected chi connectivity index (χ2v) is 7.38. The zero-order valence-corrected chi connectivity index (χ0v) is 13.8.